The highest BCUT2D eigenvalue weighted by Crippen LogP contribution is 2.34. The number of carbonyl (C=O) groups is 1. The summed E-state index contributed by atoms with van der Waals surface area (Å²) in [6.07, 6.45) is 1.33. The standard InChI is InChI=1S/C11H13NO4.ClH/c1-6-9-8(5-15-11(2,3)16-9)7(4-12-6)10(13)14;/h4H,5H2,1-3H3,(H,13,14);1H. The molecule has 0 radical (unpaired) electrons. The van der Waals surface area contributed by atoms with Crippen LogP contribution >= 0.6 is 12.4 Å². The molecule has 2 heterocycles. The second-order valence-corrected chi connectivity index (χ2v) is 4.16. The fraction of sp³-hybridized carbons (Fsp3) is 0.455. The minimum atomic E-state index is -1.02. The Morgan fingerprint density at radius 3 is 2.76 bits per heavy atom. The van der Waals surface area contributed by atoms with E-state index in [0.717, 1.165) is 0 Å². The molecule has 94 valence electrons. The van der Waals surface area contributed by atoms with E-state index in [2.05, 4.69) is 4.98 Å². The van der Waals surface area contributed by atoms with Crippen LogP contribution < -0.4 is 4.74 Å². The van der Waals surface area contributed by atoms with Gasteiger partial charge in [0.15, 0.2) is 5.75 Å². The first-order valence-electron chi connectivity index (χ1n) is 4.95. The highest BCUT2D eigenvalue weighted by Gasteiger charge is 2.31. The number of ether oxygens (including phenoxy) is 2. The molecule has 0 amide bonds. The van der Waals surface area contributed by atoms with E-state index in [1.807, 2.05) is 0 Å². The molecule has 0 atom stereocenters. The van der Waals surface area contributed by atoms with Crippen molar-refractivity contribution in [3.63, 3.8) is 0 Å². The molecular formula is C11H14ClNO4. The average molecular weight is 260 g/mol. The molecule has 5 nitrogen and oxygen atoms in total. The van der Waals surface area contributed by atoms with Gasteiger partial charge in [0.2, 0.25) is 5.79 Å². The van der Waals surface area contributed by atoms with Gasteiger partial charge >= 0.3 is 5.97 Å². The van der Waals surface area contributed by atoms with Gasteiger partial charge in [0.05, 0.1) is 17.9 Å². The first-order valence-corrected chi connectivity index (χ1v) is 4.95. The van der Waals surface area contributed by atoms with Crippen molar-refractivity contribution in [3.05, 3.63) is 23.0 Å². The molecule has 1 aromatic heterocycles. The zero-order chi connectivity index (χ0) is 11.9. The molecule has 0 bridgehead atoms. The third-order valence-electron chi connectivity index (χ3n) is 2.46. The quantitative estimate of drug-likeness (QED) is 0.837. The molecule has 1 aliphatic heterocycles. The topological polar surface area (TPSA) is 68.7 Å². The normalized spacial score (nSPS) is 16.4. The van der Waals surface area contributed by atoms with E-state index >= 15 is 0 Å². The van der Waals surface area contributed by atoms with Gasteiger partial charge < -0.3 is 14.6 Å². The van der Waals surface area contributed by atoms with Crippen molar-refractivity contribution in [2.45, 2.75) is 33.2 Å². The fourth-order valence-electron chi connectivity index (χ4n) is 1.62. The Morgan fingerprint density at radius 1 is 1.53 bits per heavy atom. The molecule has 1 N–H and O–H groups in total. The largest absolute Gasteiger partial charge is 0.478 e. The van der Waals surface area contributed by atoms with Crippen molar-refractivity contribution < 1.29 is 19.4 Å². The maximum atomic E-state index is 11.0. The Balaban J connectivity index is 0.00000144. The lowest BCUT2D eigenvalue weighted by Gasteiger charge is -2.33. The van der Waals surface area contributed by atoms with E-state index in [4.69, 9.17) is 14.6 Å². The van der Waals surface area contributed by atoms with Crippen LogP contribution in [0.1, 0.15) is 35.5 Å². The van der Waals surface area contributed by atoms with Crippen LogP contribution in [0.25, 0.3) is 0 Å². The first-order chi connectivity index (χ1) is 7.41. The van der Waals surface area contributed by atoms with E-state index in [1.165, 1.54) is 6.20 Å². The number of nitrogens with zero attached hydrogens (tertiary/aromatic N) is 1. The number of rotatable bonds is 1. The Morgan fingerprint density at radius 2 is 2.18 bits per heavy atom. The van der Waals surface area contributed by atoms with Crippen molar-refractivity contribution >= 4 is 18.4 Å². The van der Waals surface area contributed by atoms with Gasteiger partial charge in [0.25, 0.3) is 0 Å². The lowest BCUT2D eigenvalue weighted by molar-refractivity contribution is -0.180. The SMILES string of the molecule is Cc1ncc(C(=O)O)c2c1OC(C)(C)OC2.Cl. The third kappa shape index (κ3) is 2.50. The summed E-state index contributed by atoms with van der Waals surface area (Å²) in [5.41, 5.74) is 1.37. The number of aryl methyl sites for hydroxylation is 1. The maximum absolute atomic E-state index is 11.0. The number of aromatic nitrogens is 1. The minimum absolute atomic E-state index is 0. The fourth-order valence-corrected chi connectivity index (χ4v) is 1.62. The van der Waals surface area contributed by atoms with Crippen molar-refractivity contribution in [1.29, 1.82) is 0 Å². The number of fused-ring (bicyclic) bond motifs is 1. The molecule has 1 aliphatic rings. The summed E-state index contributed by atoms with van der Waals surface area (Å²) in [7, 11) is 0. The van der Waals surface area contributed by atoms with Crippen molar-refractivity contribution in [2.24, 2.45) is 0 Å². The van der Waals surface area contributed by atoms with Gasteiger partial charge in [-0.05, 0) is 6.92 Å². The van der Waals surface area contributed by atoms with Crippen LogP contribution in [0.15, 0.2) is 6.20 Å². The summed E-state index contributed by atoms with van der Waals surface area (Å²) in [5.74, 6) is -1.23. The van der Waals surface area contributed by atoms with Gasteiger partial charge in [-0.3, -0.25) is 4.98 Å². The smallest absolute Gasteiger partial charge is 0.337 e. The minimum Gasteiger partial charge on any atom is -0.478 e. The molecule has 0 aromatic carbocycles. The number of carboxylic acids is 1. The maximum Gasteiger partial charge on any atom is 0.337 e. The first kappa shape index (κ1) is 13.7. The molecule has 17 heavy (non-hydrogen) atoms. The Labute approximate surface area is 105 Å². The van der Waals surface area contributed by atoms with Gasteiger partial charge in [0.1, 0.15) is 0 Å². The van der Waals surface area contributed by atoms with Crippen molar-refractivity contribution in [2.75, 3.05) is 0 Å². The van der Waals surface area contributed by atoms with E-state index < -0.39 is 11.8 Å². The summed E-state index contributed by atoms with van der Waals surface area (Å²) in [6.45, 7) is 5.57. The zero-order valence-electron chi connectivity index (χ0n) is 9.81. The average Bonchev–Trinajstić information content (AvgIpc) is 2.18. The Bertz CT molecular complexity index is 459. The lowest BCUT2D eigenvalue weighted by atomic mass is 10.1. The van der Waals surface area contributed by atoms with Crippen LogP contribution in [-0.2, 0) is 11.3 Å². The van der Waals surface area contributed by atoms with Crippen LogP contribution in [0.2, 0.25) is 0 Å². The number of aromatic carboxylic acids is 1. The molecular weight excluding hydrogens is 246 g/mol. The second kappa shape index (κ2) is 4.50. The van der Waals surface area contributed by atoms with Crippen LogP contribution in [0.5, 0.6) is 5.75 Å². The molecule has 0 unspecified atom stereocenters. The molecule has 0 aliphatic carbocycles. The van der Waals surface area contributed by atoms with Gasteiger partial charge in [-0.15, -0.1) is 12.4 Å². The number of pyridine rings is 1. The van der Waals surface area contributed by atoms with Crippen LogP contribution in [0.4, 0.5) is 0 Å². The van der Waals surface area contributed by atoms with Crippen molar-refractivity contribution in [3.8, 4) is 5.75 Å². The highest BCUT2D eigenvalue weighted by atomic mass is 35.5. The zero-order valence-corrected chi connectivity index (χ0v) is 10.6. The van der Waals surface area contributed by atoms with Crippen molar-refractivity contribution in [1.82, 2.24) is 4.98 Å². The van der Waals surface area contributed by atoms with Gasteiger partial charge in [0, 0.05) is 25.6 Å². The van der Waals surface area contributed by atoms with Gasteiger partial charge in [-0.2, -0.15) is 0 Å². The van der Waals surface area contributed by atoms with Crippen LogP contribution in [0.3, 0.4) is 0 Å². The monoisotopic (exact) mass is 259 g/mol. The lowest BCUT2D eigenvalue weighted by Crippen LogP contribution is -2.36. The Hall–Kier alpha value is -1.33. The molecule has 1 aromatic rings. The van der Waals surface area contributed by atoms with E-state index in [1.54, 1.807) is 20.8 Å². The third-order valence-corrected chi connectivity index (χ3v) is 2.46. The molecule has 0 spiro atoms. The summed E-state index contributed by atoms with van der Waals surface area (Å²) < 4.78 is 11.0. The molecule has 2 rings (SSSR count). The highest BCUT2D eigenvalue weighted by molar-refractivity contribution is 5.90. The predicted octanol–water partition coefficient (Wildman–Crippen LogP) is 2.16. The number of hydrogen-bond donors (Lipinski definition) is 1. The number of halogens is 1. The van der Waals surface area contributed by atoms with E-state index in [-0.39, 0.29) is 24.6 Å². The summed E-state index contributed by atoms with van der Waals surface area (Å²) >= 11 is 0. The summed E-state index contributed by atoms with van der Waals surface area (Å²) in [4.78, 5) is 15.0. The molecule has 0 saturated carbocycles. The Kier molecular flexibility index (Phi) is 3.64. The van der Waals surface area contributed by atoms with Crippen LogP contribution in [-0.4, -0.2) is 21.8 Å². The van der Waals surface area contributed by atoms with E-state index in [9.17, 15) is 4.79 Å². The predicted molar refractivity (Wildman–Crippen MR) is 62.7 cm³/mol. The van der Waals surface area contributed by atoms with E-state index in [0.29, 0.717) is 17.0 Å². The number of hydrogen-bond acceptors (Lipinski definition) is 4. The van der Waals surface area contributed by atoms with Gasteiger partial charge in [-0.1, -0.05) is 0 Å². The molecule has 0 fully saturated rings. The second-order valence-electron chi connectivity index (χ2n) is 4.16. The summed E-state index contributed by atoms with van der Waals surface area (Å²) in [6, 6.07) is 0. The summed E-state index contributed by atoms with van der Waals surface area (Å²) in [5, 5.41) is 9.01. The number of carboxylic acid groups (broad SMARTS) is 1. The van der Waals surface area contributed by atoms with Gasteiger partial charge in [-0.25, -0.2) is 4.79 Å². The van der Waals surface area contributed by atoms with Crippen LogP contribution in [0, 0.1) is 6.92 Å². The molecule has 6 heteroatoms. The molecule has 0 saturated heterocycles.